The number of ether oxygens (including phenoxy) is 1. The normalized spacial score (nSPS) is 25.7. The van der Waals surface area contributed by atoms with E-state index in [1.165, 1.54) is 6.08 Å². The second kappa shape index (κ2) is 8.73. The van der Waals surface area contributed by atoms with Crippen LogP contribution < -0.4 is 0 Å². The summed E-state index contributed by atoms with van der Waals surface area (Å²) in [7, 11) is -3.50. The molecule has 0 amide bonds. The Morgan fingerprint density at radius 1 is 1.09 bits per heavy atom. The second-order valence-corrected chi connectivity index (χ2v) is 11.5. The molecule has 0 spiro atoms. The number of carbonyl (C=O) groups excluding carboxylic acids is 1. The lowest BCUT2D eigenvalue weighted by molar-refractivity contribution is -0.150. The number of carbonyl (C=O) groups is 1. The molecule has 0 heterocycles. The molecular formula is C27H30O4S. The minimum atomic E-state index is -3.50. The Morgan fingerprint density at radius 2 is 1.75 bits per heavy atom. The van der Waals surface area contributed by atoms with Gasteiger partial charge in [-0.05, 0) is 60.8 Å². The zero-order valence-corrected chi connectivity index (χ0v) is 19.5. The van der Waals surface area contributed by atoms with Gasteiger partial charge in [-0.15, -0.1) is 5.73 Å². The van der Waals surface area contributed by atoms with Crippen molar-refractivity contribution in [3.8, 4) is 0 Å². The van der Waals surface area contributed by atoms with E-state index >= 15 is 0 Å². The summed E-state index contributed by atoms with van der Waals surface area (Å²) in [6.45, 7) is 4.27. The van der Waals surface area contributed by atoms with Crippen LogP contribution in [0.3, 0.4) is 0 Å². The predicted octanol–water partition coefficient (Wildman–Crippen LogP) is 5.15. The van der Waals surface area contributed by atoms with Gasteiger partial charge in [0.25, 0.3) is 0 Å². The van der Waals surface area contributed by atoms with E-state index in [-0.39, 0.29) is 11.2 Å². The largest absolute Gasteiger partial charge is 0.458 e. The number of hydrogen-bond acceptors (Lipinski definition) is 4. The smallest absolute Gasteiger partial charge is 0.338 e. The fraction of sp³-hybridized carbons (Fsp3) is 0.407. The van der Waals surface area contributed by atoms with Crippen LogP contribution in [-0.4, -0.2) is 26.2 Å². The number of sulfone groups is 1. The predicted molar refractivity (Wildman–Crippen MR) is 125 cm³/mol. The highest BCUT2D eigenvalue weighted by atomic mass is 32.2. The molecule has 0 radical (unpaired) electrons. The number of hydrogen-bond donors (Lipinski definition) is 0. The lowest BCUT2D eigenvalue weighted by atomic mass is 9.69. The molecule has 0 N–H and O–H groups in total. The molecule has 32 heavy (non-hydrogen) atoms. The molecule has 4 rings (SSSR count). The summed E-state index contributed by atoms with van der Waals surface area (Å²) in [6, 6.07) is 18.5. The molecule has 0 saturated heterocycles. The molecule has 0 aromatic heterocycles. The zero-order valence-electron chi connectivity index (χ0n) is 18.7. The highest BCUT2D eigenvalue weighted by Crippen LogP contribution is 2.67. The molecule has 2 bridgehead atoms. The van der Waals surface area contributed by atoms with Crippen molar-refractivity contribution in [3.05, 3.63) is 84.1 Å². The average molecular weight is 451 g/mol. The molecule has 2 aliphatic rings. The van der Waals surface area contributed by atoms with Crippen LogP contribution in [0.2, 0.25) is 0 Å². The fourth-order valence-electron chi connectivity index (χ4n) is 5.65. The van der Waals surface area contributed by atoms with Gasteiger partial charge in [0.15, 0.2) is 9.84 Å². The van der Waals surface area contributed by atoms with E-state index in [0.29, 0.717) is 23.7 Å². The van der Waals surface area contributed by atoms with Crippen LogP contribution in [0.4, 0.5) is 0 Å². The topological polar surface area (TPSA) is 60.4 Å². The van der Waals surface area contributed by atoms with Gasteiger partial charge in [-0.1, -0.05) is 62.4 Å². The molecule has 2 fully saturated rings. The van der Waals surface area contributed by atoms with Crippen LogP contribution in [0, 0.1) is 16.7 Å². The molecule has 2 saturated carbocycles. The van der Waals surface area contributed by atoms with Gasteiger partial charge in [0, 0.05) is 5.41 Å². The molecule has 2 aliphatic carbocycles. The van der Waals surface area contributed by atoms with Crippen molar-refractivity contribution in [1.82, 2.24) is 0 Å². The second-order valence-electron chi connectivity index (χ2n) is 9.55. The molecule has 2 aromatic carbocycles. The summed E-state index contributed by atoms with van der Waals surface area (Å²) >= 11 is 0. The van der Waals surface area contributed by atoms with Crippen LogP contribution in [0.25, 0.3) is 0 Å². The van der Waals surface area contributed by atoms with Gasteiger partial charge in [0.05, 0.1) is 16.7 Å². The van der Waals surface area contributed by atoms with Crippen LogP contribution in [0.15, 0.2) is 83.4 Å². The first-order valence-corrected chi connectivity index (χ1v) is 12.8. The molecule has 3 atom stereocenters. The fourth-order valence-corrected chi connectivity index (χ4v) is 7.77. The highest BCUT2D eigenvalue weighted by molar-refractivity contribution is 7.91. The SMILES string of the molecule is CC1(C)[C@H]2CC[C@]1(CS(=O)(=O)c1ccccc1)[C@@H](OC(=O)C=C=CCc1ccccc1)C2. The molecule has 0 unspecified atom stereocenters. The van der Waals surface area contributed by atoms with Gasteiger partial charge in [-0.3, -0.25) is 0 Å². The molecule has 4 nitrogen and oxygen atoms in total. The standard InChI is InChI=1S/C27H30O4S/c1-26(2)22-17-18-27(26,20-32(29,30)23-14-7-4-8-15-23)24(19-22)31-25(28)16-10-9-13-21-11-5-3-6-12-21/h3-9,11-12,14-16,22,24H,13,17-20H2,1-2H3/t10?,22-,24-,27-/m0/s1. The molecule has 168 valence electrons. The van der Waals surface area contributed by atoms with E-state index in [1.807, 2.05) is 36.4 Å². The highest BCUT2D eigenvalue weighted by Gasteiger charge is 2.66. The van der Waals surface area contributed by atoms with Gasteiger partial charge in [-0.25, -0.2) is 13.2 Å². The third-order valence-electron chi connectivity index (χ3n) is 7.67. The lowest BCUT2D eigenvalue weighted by Crippen LogP contribution is -2.46. The van der Waals surface area contributed by atoms with E-state index in [2.05, 4.69) is 19.6 Å². The Kier molecular flexibility index (Phi) is 6.15. The first kappa shape index (κ1) is 22.6. The number of esters is 1. The quantitative estimate of drug-likeness (QED) is 0.332. The number of benzene rings is 2. The molecular weight excluding hydrogens is 420 g/mol. The molecule has 5 heteroatoms. The van der Waals surface area contributed by atoms with E-state index in [1.54, 1.807) is 30.3 Å². The zero-order chi connectivity index (χ0) is 22.8. The monoisotopic (exact) mass is 450 g/mol. The Bertz CT molecular complexity index is 1130. The maximum absolute atomic E-state index is 13.3. The van der Waals surface area contributed by atoms with E-state index in [4.69, 9.17) is 4.74 Å². The maximum atomic E-state index is 13.3. The van der Waals surface area contributed by atoms with Crippen LogP contribution in [0.5, 0.6) is 0 Å². The van der Waals surface area contributed by atoms with Crippen molar-refractivity contribution >= 4 is 15.8 Å². The average Bonchev–Trinajstić information content (AvgIpc) is 3.13. The summed E-state index contributed by atoms with van der Waals surface area (Å²) in [6.07, 6.45) is 5.83. The van der Waals surface area contributed by atoms with Crippen LogP contribution in [-0.2, 0) is 25.8 Å². The third-order valence-corrected chi connectivity index (χ3v) is 9.55. The third kappa shape index (κ3) is 4.20. The van der Waals surface area contributed by atoms with Gasteiger partial charge in [0.2, 0.25) is 0 Å². The maximum Gasteiger partial charge on any atom is 0.338 e. The molecule has 0 aliphatic heterocycles. The van der Waals surface area contributed by atoms with E-state index in [0.717, 1.165) is 18.4 Å². The van der Waals surface area contributed by atoms with Gasteiger partial charge < -0.3 is 4.74 Å². The summed E-state index contributed by atoms with van der Waals surface area (Å²) in [5.74, 6) is -0.109. The van der Waals surface area contributed by atoms with E-state index in [9.17, 15) is 13.2 Å². The Labute approximate surface area is 190 Å². The Morgan fingerprint density at radius 3 is 2.41 bits per heavy atom. The van der Waals surface area contributed by atoms with Gasteiger partial charge in [0.1, 0.15) is 6.10 Å². The van der Waals surface area contributed by atoms with Crippen LogP contribution >= 0.6 is 0 Å². The van der Waals surface area contributed by atoms with Crippen molar-refractivity contribution in [2.45, 2.75) is 50.5 Å². The number of rotatable bonds is 7. The Balaban J connectivity index is 1.51. The van der Waals surface area contributed by atoms with Crippen molar-refractivity contribution in [3.63, 3.8) is 0 Å². The van der Waals surface area contributed by atoms with Gasteiger partial charge >= 0.3 is 5.97 Å². The van der Waals surface area contributed by atoms with Crippen LogP contribution in [0.1, 0.15) is 38.7 Å². The van der Waals surface area contributed by atoms with Gasteiger partial charge in [-0.2, -0.15) is 0 Å². The first-order chi connectivity index (χ1) is 15.2. The summed E-state index contributed by atoms with van der Waals surface area (Å²) < 4.78 is 32.4. The minimum Gasteiger partial charge on any atom is -0.458 e. The van der Waals surface area contributed by atoms with Crippen molar-refractivity contribution < 1.29 is 17.9 Å². The van der Waals surface area contributed by atoms with Crippen molar-refractivity contribution in [2.75, 3.05) is 5.75 Å². The van der Waals surface area contributed by atoms with Crippen molar-refractivity contribution in [1.29, 1.82) is 0 Å². The lowest BCUT2D eigenvalue weighted by Gasteiger charge is -2.41. The van der Waals surface area contributed by atoms with E-state index < -0.39 is 27.3 Å². The number of fused-ring (bicyclic) bond motifs is 2. The van der Waals surface area contributed by atoms with Crippen molar-refractivity contribution in [2.24, 2.45) is 16.7 Å². The molecule has 2 aromatic rings. The Hall–Kier alpha value is -2.62. The summed E-state index contributed by atoms with van der Waals surface area (Å²) in [5, 5.41) is 0. The summed E-state index contributed by atoms with van der Waals surface area (Å²) in [5.41, 5.74) is 3.26. The first-order valence-electron chi connectivity index (χ1n) is 11.2. The summed E-state index contributed by atoms with van der Waals surface area (Å²) in [4.78, 5) is 12.9. The minimum absolute atomic E-state index is 0.000971.